The molecule has 1 amide bonds. The highest BCUT2D eigenvalue weighted by Crippen LogP contribution is 2.38. The zero-order chi connectivity index (χ0) is 17.8. The molecule has 3 rings (SSSR count). The minimum absolute atomic E-state index is 0.239. The SMILES string of the molecule is CC(C)CC(COc1ccc2c(c1)COc1cnccc1-2)NC(=O)O. The Labute approximate surface area is 146 Å². The van der Waals surface area contributed by atoms with Crippen molar-refractivity contribution < 1.29 is 19.4 Å². The molecular formula is C19H22N2O4. The Balaban J connectivity index is 1.71. The summed E-state index contributed by atoms with van der Waals surface area (Å²) in [6.45, 7) is 4.87. The molecule has 1 unspecified atom stereocenters. The number of amides is 1. The Bertz CT molecular complexity index is 761. The van der Waals surface area contributed by atoms with E-state index in [1.54, 1.807) is 12.4 Å². The number of pyridine rings is 1. The van der Waals surface area contributed by atoms with Crippen LogP contribution in [-0.2, 0) is 6.61 Å². The van der Waals surface area contributed by atoms with Crippen molar-refractivity contribution in [3.05, 3.63) is 42.2 Å². The largest absolute Gasteiger partial charge is 0.491 e. The van der Waals surface area contributed by atoms with Crippen LogP contribution in [0.15, 0.2) is 36.7 Å². The van der Waals surface area contributed by atoms with Crippen LogP contribution in [0, 0.1) is 5.92 Å². The molecule has 1 aliphatic rings. The van der Waals surface area contributed by atoms with Crippen molar-refractivity contribution in [3.8, 4) is 22.6 Å². The highest BCUT2D eigenvalue weighted by molar-refractivity contribution is 5.75. The first-order valence-corrected chi connectivity index (χ1v) is 8.35. The van der Waals surface area contributed by atoms with Crippen molar-refractivity contribution in [2.75, 3.05) is 6.61 Å². The van der Waals surface area contributed by atoms with Gasteiger partial charge in [-0.15, -0.1) is 0 Å². The molecule has 0 fully saturated rings. The predicted octanol–water partition coefficient (Wildman–Crippen LogP) is 3.70. The number of aromatic nitrogens is 1. The fourth-order valence-electron chi connectivity index (χ4n) is 3.02. The predicted molar refractivity (Wildman–Crippen MR) is 93.9 cm³/mol. The van der Waals surface area contributed by atoms with Crippen LogP contribution in [0.2, 0.25) is 0 Å². The highest BCUT2D eigenvalue weighted by atomic mass is 16.5. The first kappa shape index (κ1) is 17.1. The first-order valence-electron chi connectivity index (χ1n) is 8.35. The lowest BCUT2D eigenvalue weighted by molar-refractivity contribution is 0.176. The summed E-state index contributed by atoms with van der Waals surface area (Å²) in [4.78, 5) is 15.0. The number of benzene rings is 1. The third-order valence-corrected chi connectivity index (χ3v) is 4.07. The number of fused-ring (bicyclic) bond motifs is 3. The molecule has 0 spiro atoms. The van der Waals surface area contributed by atoms with E-state index in [4.69, 9.17) is 14.6 Å². The lowest BCUT2D eigenvalue weighted by Gasteiger charge is -2.22. The number of nitrogens with zero attached hydrogens (tertiary/aromatic N) is 1. The molecule has 6 heteroatoms. The maximum absolute atomic E-state index is 10.9. The van der Waals surface area contributed by atoms with Gasteiger partial charge in [0.05, 0.1) is 12.2 Å². The maximum atomic E-state index is 10.9. The van der Waals surface area contributed by atoms with Crippen LogP contribution in [0.5, 0.6) is 11.5 Å². The average molecular weight is 342 g/mol. The summed E-state index contributed by atoms with van der Waals surface area (Å²) < 4.78 is 11.6. The number of carbonyl (C=O) groups is 1. The maximum Gasteiger partial charge on any atom is 0.404 e. The van der Waals surface area contributed by atoms with Crippen LogP contribution >= 0.6 is 0 Å². The van der Waals surface area contributed by atoms with Gasteiger partial charge < -0.3 is 19.9 Å². The second-order valence-corrected chi connectivity index (χ2v) is 6.57. The van der Waals surface area contributed by atoms with Gasteiger partial charge in [0.15, 0.2) is 0 Å². The quantitative estimate of drug-likeness (QED) is 0.836. The van der Waals surface area contributed by atoms with Crippen molar-refractivity contribution >= 4 is 6.09 Å². The van der Waals surface area contributed by atoms with Crippen molar-refractivity contribution in [1.82, 2.24) is 10.3 Å². The Hall–Kier alpha value is -2.76. The standard InChI is InChI=1S/C19H22N2O4/c1-12(2)7-14(21-19(22)23)11-24-15-3-4-16-13(8-15)10-25-18-9-20-6-5-17(16)18/h3-6,8-9,12,14,21H,7,10-11H2,1-2H3,(H,22,23). The molecule has 2 heterocycles. The van der Waals surface area contributed by atoms with Gasteiger partial charge in [-0.3, -0.25) is 4.98 Å². The molecule has 25 heavy (non-hydrogen) atoms. The third-order valence-electron chi connectivity index (χ3n) is 4.07. The van der Waals surface area contributed by atoms with Gasteiger partial charge in [-0.25, -0.2) is 4.79 Å². The van der Waals surface area contributed by atoms with Crippen LogP contribution in [0.1, 0.15) is 25.8 Å². The number of carboxylic acid groups (broad SMARTS) is 1. The highest BCUT2D eigenvalue weighted by Gasteiger charge is 2.19. The Morgan fingerprint density at radius 1 is 1.36 bits per heavy atom. The molecule has 0 saturated heterocycles. The molecule has 1 atom stereocenters. The zero-order valence-corrected chi connectivity index (χ0v) is 14.4. The molecule has 132 valence electrons. The summed E-state index contributed by atoms with van der Waals surface area (Å²) in [5.41, 5.74) is 3.18. The van der Waals surface area contributed by atoms with Gasteiger partial charge in [0.2, 0.25) is 0 Å². The second kappa shape index (κ2) is 7.42. The fraction of sp³-hybridized carbons (Fsp3) is 0.368. The summed E-state index contributed by atoms with van der Waals surface area (Å²) in [6.07, 6.45) is 3.16. The number of hydrogen-bond donors (Lipinski definition) is 2. The lowest BCUT2D eigenvalue weighted by atomic mass is 9.98. The van der Waals surface area contributed by atoms with E-state index in [1.807, 2.05) is 24.3 Å². The molecule has 1 aliphatic heterocycles. The topological polar surface area (TPSA) is 80.7 Å². The molecule has 0 aliphatic carbocycles. The fourth-order valence-corrected chi connectivity index (χ4v) is 3.02. The molecule has 0 bridgehead atoms. The van der Waals surface area contributed by atoms with Gasteiger partial charge in [-0.1, -0.05) is 19.9 Å². The molecule has 0 radical (unpaired) electrons. The second-order valence-electron chi connectivity index (χ2n) is 6.57. The molecule has 6 nitrogen and oxygen atoms in total. The van der Waals surface area contributed by atoms with E-state index in [1.165, 1.54) is 0 Å². The van der Waals surface area contributed by atoms with E-state index in [2.05, 4.69) is 24.1 Å². The van der Waals surface area contributed by atoms with Crippen molar-refractivity contribution in [1.29, 1.82) is 0 Å². The lowest BCUT2D eigenvalue weighted by Crippen LogP contribution is -2.39. The third kappa shape index (κ3) is 4.21. The molecule has 2 aromatic rings. The monoisotopic (exact) mass is 342 g/mol. The minimum atomic E-state index is -1.03. The van der Waals surface area contributed by atoms with Crippen LogP contribution in [0.25, 0.3) is 11.1 Å². The smallest absolute Gasteiger partial charge is 0.404 e. The van der Waals surface area contributed by atoms with Gasteiger partial charge in [-0.05, 0) is 36.1 Å². The van der Waals surface area contributed by atoms with E-state index >= 15 is 0 Å². The molecular weight excluding hydrogens is 320 g/mol. The van der Waals surface area contributed by atoms with Gasteiger partial charge in [0.1, 0.15) is 24.7 Å². The summed E-state index contributed by atoms with van der Waals surface area (Å²) in [7, 11) is 0. The first-order chi connectivity index (χ1) is 12.0. The Morgan fingerprint density at radius 2 is 2.20 bits per heavy atom. The van der Waals surface area contributed by atoms with Gasteiger partial charge in [0, 0.05) is 17.3 Å². The van der Waals surface area contributed by atoms with Crippen LogP contribution in [-0.4, -0.2) is 28.8 Å². The minimum Gasteiger partial charge on any atom is -0.491 e. The summed E-state index contributed by atoms with van der Waals surface area (Å²) in [6, 6.07) is 7.56. The zero-order valence-electron chi connectivity index (χ0n) is 14.4. The van der Waals surface area contributed by atoms with Gasteiger partial charge in [0.25, 0.3) is 0 Å². The van der Waals surface area contributed by atoms with E-state index in [9.17, 15) is 4.79 Å². The summed E-state index contributed by atoms with van der Waals surface area (Å²) in [5, 5.41) is 11.5. The molecule has 1 aromatic heterocycles. The number of ether oxygens (including phenoxy) is 2. The van der Waals surface area contributed by atoms with E-state index < -0.39 is 6.09 Å². The van der Waals surface area contributed by atoms with E-state index in [0.29, 0.717) is 24.9 Å². The van der Waals surface area contributed by atoms with Crippen LogP contribution in [0.3, 0.4) is 0 Å². The number of hydrogen-bond acceptors (Lipinski definition) is 4. The van der Waals surface area contributed by atoms with Crippen molar-refractivity contribution in [2.45, 2.75) is 32.9 Å². The van der Waals surface area contributed by atoms with Crippen LogP contribution in [0.4, 0.5) is 4.79 Å². The van der Waals surface area contributed by atoms with Gasteiger partial charge in [-0.2, -0.15) is 0 Å². The summed E-state index contributed by atoms with van der Waals surface area (Å²) >= 11 is 0. The van der Waals surface area contributed by atoms with Crippen molar-refractivity contribution in [2.24, 2.45) is 5.92 Å². The number of rotatable bonds is 6. The number of nitrogens with one attached hydrogen (secondary N) is 1. The molecule has 2 N–H and O–H groups in total. The summed E-state index contributed by atoms with van der Waals surface area (Å²) in [5.74, 6) is 1.87. The van der Waals surface area contributed by atoms with Crippen LogP contribution < -0.4 is 14.8 Å². The Morgan fingerprint density at radius 3 is 2.96 bits per heavy atom. The molecule has 0 saturated carbocycles. The van der Waals surface area contributed by atoms with E-state index in [0.717, 1.165) is 28.9 Å². The average Bonchev–Trinajstić information content (AvgIpc) is 2.58. The normalized spacial score (nSPS) is 13.4. The Kier molecular flexibility index (Phi) is 5.07. The van der Waals surface area contributed by atoms with Crippen molar-refractivity contribution in [3.63, 3.8) is 0 Å². The van der Waals surface area contributed by atoms with Gasteiger partial charge >= 0.3 is 6.09 Å². The molecule has 1 aromatic carbocycles. The van der Waals surface area contributed by atoms with E-state index in [-0.39, 0.29) is 6.04 Å².